The van der Waals surface area contributed by atoms with Gasteiger partial charge in [-0.3, -0.25) is 0 Å². The molecule has 82 valence electrons. The summed E-state index contributed by atoms with van der Waals surface area (Å²) in [6, 6.07) is 1.85. The third-order valence-electron chi connectivity index (χ3n) is 2.88. The van der Waals surface area contributed by atoms with Crippen molar-refractivity contribution in [2.24, 2.45) is 0 Å². The van der Waals surface area contributed by atoms with Gasteiger partial charge in [0.25, 0.3) is 0 Å². The highest BCUT2D eigenvalue weighted by Crippen LogP contribution is 2.40. The molecule has 0 aliphatic heterocycles. The van der Waals surface area contributed by atoms with Crippen molar-refractivity contribution in [1.29, 1.82) is 0 Å². The van der Waals surface area contributed by atoms with Gasteiger partial charge >= 0.3 is 5.97 Å². The predicted molar refractivity (Wildman–Crippen MR) is 52.7 cm³/mol. The quantitative estimate of drug-likeness (QED) is 0.778. The maximum Gasteiger partial charge on any atom is 0.343 e. The molecule has 0 spiro atoms. The van der Waals surface area contributed by atoms with Crippen LogP contribution >= 0.6 is 0 Å². The molecule has 1 aliphatic carbocycles. The number of aliphatic carboxylic acids is 1. The second-order valence-electron chi connectivity index (χ2n) is 4.32. The number of aryl methyl sites for hydroxylation is 1. The van der Waals surface area contributed by atoms with E-state index >= 15 is 0 Å². The summed E-state index contributed by atoms with van der Waals surface area (Å²) in [6.45, 7) is 3.93. The number of hydrogen-bond acceptors (Lipinski definition) is 3. The van der Waals surface area contributed by atoms with Gasteiger partial charge in [-0.25, -0.2) is 4.79 Å². The van der Waals surface area contributed by atoms with Crippen molar-refractivity contribution in [3.63, 3.8) is 0 Å². The van der Waals surface area contributed by atoms with E-state index < -0.39 is 11.6 Å². The molecule has 4 heteroatoms. The summed E-state index contributed by atoms with van der Waals surface area (Å²) in [5.74, 6) is -0.0716. The van der Waals surface area contributed by atoms with Crippen LogP contribution in [0.25, 0.3) is 0 Å². The molecule has 0 bridgehead atoms. The Morgan fingerprint density at radius 1 is 1.60 bits per heavy atom. The highest BCUT2D eigenvalue weighted by molar-refractivity contribution is 5.79. The summed E-state index contributed by atoms with van der Waals surface area (Å²) in [5, 5.41) is 18.9. The molecule has 15 heavy (non-hydrogen) atoms. The van der Waals surface area contributed by atoms with E-state index in [1.807, 2.05) is 19.9 Å². The third kappa shape index (κ3) is 1.36. The highest BCUT2D eigenvalue weighted by atomic mass is 16.4. The molecule has 1 atom stereocenters. The first-order valence-electron chi connectivity index (χ1n) is 5.04. The van der Waals surface area contributed by atoms with Gasteiger partial charge in [-0.05, 0) is 24.5 Å². The van der Waals surface area contributed by atoms with Gasteiger partial charge in [-0.15, -0.1) is 0 Å². The van der Waals surface area contributed by atoms with Crippen molar-refractivity contribution < 1.29 is 19.4 Å². The monoisotopic (exact) mass is 210 g/mol. The van der Waals surface area contributed by atoms with E-state index in [-0.39, 0.29) is 18.1 Å². The smallest absolute Gasteiger partial charge is 0.343 e. The number of furan rings is 1. The van der Waals surface area contributed by atoms with E-state index in [0.717, 1.165) is 11.3 Å². The molecule has 0 amide bonds. The van der Waals surface area contributed by atoms with Crippen LogP contribution in [0.2, 0.25) is 0 Å². The van der Waals surface area contributed by atoms with Gasteiger partial charge in [0.2, 0.25) is 5.60 Å². The Labute approximate surface area is 87.5 Å². The molecule has 1 heterocycles. The number of hydrogen-bond donors (Lipinski definition) is 2. The topological polar surface area (TPSA) is 70.7 Å². The Bertz CT molecular complexity index is 405. The third-order valence-corrected chi connectivity index (χ3v) is 2.88. The second-order valence-corrected chi connectivity index (χ2v) is 4.32. The second kappa shape index (κ2) is 3.10. The fourth-order valence-electron chi connectivity index (χ4n) is 1.90. The largest absolute Gasteiger partial charge is 0.479 e. The fourth-order valence-corrected chi connectivity index (χ4v) is 1.90. The number of carbonyl (C=O) groups is 1. The van der Waals surface area contributed by atoms with Gasteiger partial charge in [0, 0.05) is 5.92 Å². The first kappa shape index (κ1) is 10.2. The molecular formula is C11H14O4. The zero-order chi connectivity index (χ0) is 11.2. The predicted octanol–water partition coefficient (Wildman–Crippen LogP) is 1.62. The van der Waals surface area contributed by atoms with Gasteiger partial charge in [-0.2, -0.15) is 0 Å². The van der Waals surface area contributed by atoms with Crippen molar-refractivity contribution in [3.8, 4) is 0 Å². The highest BCUT2D eigenvalue weighted by Gasteiger charge is 2.47. The molecule has 4 nitrogen and oxygen atoms in total. The normalized spacial score (nSPS) is 24.5. The first-order chi connectivity index (χ1) is 6.95. The minimum Gasteiger partial charge on any atom is -0.479 e. The fraction of sp³-hybridized carbons (Fsp3) is 0.545. The summed E-state index contributed by atoms with van der Waals surface area (Å²) < 4.78 is 5.43. The van der Waals surface area contributed by atoms with Crippen LogP contribution in [0.1, 0.15) is 43.3 Å². The zero-order valence-corrected chi connectivity index (χ0v) is 8.78. The number of rotatable bonds is 2. The average molecular weight is 210 g/mol. The van der Waals surface area contributed by atoms with Crippen molar-refractivity contribution >= 4 is 5.97 Å². The molecule has 1 unspecified atom stereocenters. The summed E-state index contributed by atoms with van der Waals surface area (Å²) >= 11 is 0. The summed E-state index contributed by atoms with van der Waals surface area (Å²) in [5.41, 5.74) is -0.994. The van der Waals surface area contributed by atoms with Crippen LogP contribution in [0.3, 0.4) is 0 Å². The lowest BCUT2D eigenvalue weighted by Gasteiger charge is -2.15. The maximum absolute atomic E-state index is 11.0. The molecule has 1 aromatic heterocycles. The van der Waals surface area contributed by atoms with Crippen molar-refractivity contribution in [2.45, 2.75) is 38.2 Å². The molecule has 2 N–H and O–H groups in total. The average Bonchev–Trinajstić information content (AvgIpc) is 2.67. The van der Waals surface area contributed by atoms with Crippen molar-refractivity contribution in [3.05, 3.63) is 23.2 Å². The van der Waals surface area contributed by atoms with Crippen LogP contribution in [0, 0.1) is 0 Å². The van der Waals surface area contributed by atoms with Crippen molar-refractivity contribution in [2.75, 3.05) is 0 Å². The lowest BCUT2D eigenvalue weighted by atomic mass is 10.0. The molecule has 0 saturated carbocycles. The molecule has 0 fully saturated rings. The van der Waals surface area contributed by atoms with Crippen LogP contribution < -0.4 is 0 Å². The molecule has 2 rings (SSSR count). The maximum atomic E-state index is 11.0. The first-order valence-corrected chi connectivity index (χ1v) is 5.04. The minimum atomic E-state index is -1.82. The molecular weight excluding hydrogens is 196 g/mol. The number of fused-ring (bicyclic) bond motifs is 1. The Morgan fingerprint density at radius 2 is 2.27 bits per heavy atom. The Balaban J connectivity index is 2.46. The summed E-state index contributed by atoms with van der Waals surface area (Å²) in [7, 11) is 0. The lowest BCUT2D eigenvalue weighted by molar-refractivity contribution is -0.161. The van der Waals surface area contributed by atoms with Crippen molar-refractivity contribution in [1.82, 2.24) is 0 Å². The zero-order valence-electron chi connectivity index (χ0n) is 8.78. The van der Waals surface area contributed by atoms with E-state index in [2.05, 4.69) is 0 Å². The number of carboxylic acid groups (broad SMARTS) is 1. The minimum absolute atomic E-state index is 0.202. The lowest BCUT2D eigenvalue weighted by Crippen LogP contribution is -2.32. The standard InChI is InChI=1S/C11H14O4/c1-6(2)8-5-7-3-4-11(14,10(12)13)9(7)15-8/h5-6,14H,3-4H2,1-2H3,(H,12,13). The van der Waals surface area contributed by atoms with E-state index in [1.54, 1.807) is 0 Å². The Hall–Kier alpha value is -1.29. The SMILES string of the molecule is CC(C)c1cc2c(o1)C(O)(C(=O)O)CC2. The van der Waals surface area contributed by atoms with Crippen LogP contribution in [0.5, 0.6) is 0 Å². The van der Waals surface area contributed by atoms with E-state index in [1.165, 1.54) is 0 Å². The van der Waals surface area contributed by atoms with Gasteiger partial charge < -0.3 is 14.6 Å². The van der Waals surface area contributed by atoms with Crippen LogP contribution in [-0.4, -0.2) is 16.2 Å². The van der Waals surface area contributed by atoms with Crippen LogP contribution in [0.4, 0.5) is 0 Å². The van der Waals surface area contributed by atoms with E-state index in [4.69, 9.17) is 9.52 Å². The molecule has 0 saturated heterocycles. The molecule has 1 aliphatic rings. The molecule has 1 aromatic rings. The number of aliphatic hydroxyl groups is 1. The van der Waals surface area contributed by atoms with Crippen LogP contribution in [-0.2, 0) is 16.8 Å². The van der Waals surface area contributed by atoms with E-state index in [0.29, 0.717) is 6.42 Å². The van der Waals surface area contributed by atoms with Gasteiger partial charge in [0.15, 0.2) is 5.76 Å². The summed E-state index contributed by atoms with van der Waals surface area (Å²) in [4.78, 5) is 11.0. The van der Waals surface area contributed by atoms with Gasteiger partial charge in [-0.1, -0.05) is 13.8 Å². The Morgan fingerprint density at radius 3 is 2.80 bits per heavy atom. The summed E-state index contributed by atoms with van der Waals surface area (Å²) in [6.07, 6.45) is 0.767. The Kier molecular flexibility index (Phi) is 2.12. The molecule has 0 radical (unpaired) electrons. The van der Waals surface area contributed by atoms with Gasteiger partial charge in [0.05, 0.1) is 0 Å². The van der Waals surface area contributed by atoms with Gasteiger partial charge in [0.1, 0.15) is 5.76 Å². The van der Waals surface area contributed by atoms with E-state index in [9.17, 15) is 9.90 Å². The molecule has 0 aromatic carbocycles. The number of carboxylic acids is 1. The van der Waals surface area contributed by atoms with Crippen LogP contribution in [0.15, 0.2) is 10.5 Å².